The van der Waals surface area contributed by atoms with Gasteiger partial charge >= 0.3 is 0 Å². The molecule has 97 heavy (non-hydrogen) atoms. The summed E-state index contributed by atoms with van der Waals surface area (Å²) in [6.07, 6.45) is 9.24. The zero-order valence-electron chi connectivity index (χ0n) is 57.6. The SMILES string of the molecule is CC(C)(C)c1ccc(N(c2ccc3c(c2)C(C)(C)c2cc(/C=C/c4ccc5c(c4)C(C)(C)c4cc(/C=C/c6ccc7c(c6)C(C)(C)c6cc(N(c8ccc(C(C)(C)C)cc8)c8ccc9sc%10ccccc%10c9c8)ccc6-7)ccc4-5)ccc2-3)c2ccc3sc4ccccc4c3c2)cc1. The van der Waals surface area contributed by atoms with Gasteiger partial charge in [-0.3, -0.25) is 0 Å². The number of benzene rings is 12. The molecular formula is C93H80N2S2. The van der Waals surface area contributed by atoms with Crippen LogP contribution in [0.4, 0.5) is 34.1 Å². The van der Waals surface area contributed by atoms with Crippen molar-refractivity contribution in [1.29, 1.82) is 0 Å². The largest absolute Gasteiger partial charge is 0.310 e. The van der Waals surface area contributed by atoms with Crippen LogP contribution in [0, 0.1) is 0 Å². The highest BCUT2D eigenvalue weighted by atomic mass is 32.1. The Balaban J connectivity index is 0.617. The second kappa shape index (κ2) is 22.1. The van der Waals surface area contributed by atoms with Gasteiger partial charge in [0.2, 0.25) is 0 Å². The fourth-order valence-corrected chi connectivity index (χ4v) is 18.3. The molecule has 0 amide bonds. The average molecular weight is 1290 g/mol. The first kappa shape index (κ1) is 60.8. The Hall–Kier alpha value is -9.84. The molecule has 0 N–H and O–H groups in total. The van der Waals surface area contributed by atoms with E-state index in [0.29, 0.717) is 0 Å². The third-order valence-corrected chi connectivity index (χ3v) is 24.1. The Labute approximate surface area is 580 Å². The van der Waals surface area contributed by atoms with Gasteiger partial charge in [0.15, 0.2) is 0 Å². The first-order chi connectivity index (χ1) is 46.5. The Bertz CT molecular complexity index is 5280. The summed E-state index contributed by atoms with van der Waals surface area (Å²) in [5, 5.41) is 5.22. The zero-order valence-corrected chi connectivity index (χ0v) is 59.2. The fraction of sp³-hybridized carbons (Fsp3) is 0.183. The van der Waals surface area contributed by atoms with Crippen LogP contribution in [0.15, 0.2) is 243 Å². The predicted octanol–water partition coefficient (Wildman–Crippen LogP) is 27.2. The van der Waals surface area contributed by atoms with Gasteiger partial charge in [0.1, 0.15) is 0 Å². The Morgan fingerprint density at radius 2 is 0.515 bits per heavy atom. The van der Waals surface area contributed by atoms with Crippen molar-refractivity contribution in [2.45, 2.75) is 110 Å². The van der Waals surface area contributed by atoms with Crippen LogP contribution >= 0.6 is 22.7 Å². The zero-order chi connectivity index (χ0) is 66.7. The molecule has 474 valence electrons. The third kappa shape index (κ3) is 10.1. The smallest absolute Gasteiger partial charge is 0.0468 e. The van der Waals surface area contributed by atoms with Crippen molar-refractivity contribution < 1.29 is 0 Å². The molecule has 17 rings (SSSR count). The second-order valence-electron chi connectivity index (χ2n) is 31.0. The minimum Gasteiger partial charge on any atom is -0.310 e. The molecule has 2 aromatic heterocycles. The topological polar surface area (TPSA) is 6.48 Å². The van der Waals surface area contributed by atoms with Crippen LogP contribution in [0.1, 0.15) is 150 Å². The lowest BCUT2D eigenvalue weighted by Gasteiger charge is -2.29. The summed E-state index contributed by atoms with van der Waals surface area (Å²) in [5.41, 5.74) is 30.1. The van der Waals surface area contributed by atoms with Gasteiger partial charge in [-0.1, -0.05) is 253 Å². The van der Waals surface area contributed by atoms with E-state index in [0.717, 1.165) is 34.1 Å². The summed E-state index contributed by atoms with van der Waals surface area (Å²) in [5.74, 6) is 0. The Kier molecular flexibility index (Phi) is 13.9. The van der Waals surface area contributed by atoms with Crippen molar-refractivity contribution >= 4 is 121 Å². The van der Waals surface area contributed by atoms with Gasteiger partial charge in [0, 0.05) is 90.7 Å². The molecule has 0 unspecified atom stereocenters. The Morgan fingerprint density at radius 3 is 0.835 bits per heavy atom. The molecule has 0 saturated carbocycles. The maximum Gasteiger partial charge on any atom is 0.0468 e. The molecule has 4 heteroatoms. The highest BCUT2D eigenvalue weighted by molar-refractivity contribution is 7.26. The second-order valence-corrected chi connectivity index (χ2v) is 33.2. The Morgan fingerprint density at radius 1 is 0.258 bits per heavy atom. The highest BCUT2D eigenvalue weighted by Crippen LogP contribution is 2.55. The van der Waals surface area contributed by atoms with Crippen LogP contribution < -0.4 is 9.80 Å². The van der Waals surface area contributed by atoms with Crippen LogP contribution in [0.25, 0.3) is 98.0 Å². The molecule has 14 aromatic rings. The number of thiophene rings is 2. The van der Waals surface area contributed by atoms with Gasteiger partial charge in [0.05, 0.1) is 0 Å². The van der Waals surface area contributed by atoms with Crippen molar-refractivity contribution in [2.24, 2.45) is 0 Å². The van der Waals surface area contributed by atoms with E-state index in [1.54, 1.807) is 0 Å². The van der Waals surface area contributed by atoms with E-state index in [1.165, 1.54) is 140 Å². The maximum atomic E-state index is 2.46. The van der Waals surface area contributed by atoms with Crippen LogP contribution in [-0.2, 0) is 27.1 Å². The maximum absolute atomic E-state index is 2.46. The number of anilines is 6. The fourth-order valence-electron chi connectivity index (χ4n) is 16.2. The van der Waals surface area contributed by atoms with Crippen LogP contribution in [0.3, 0.4) is 0 Å². The summed E-state index contributed by atoms with van der Waals surface area (Å²) in [6, 6.07) is 92.7. The van der Waals surface area contributed by atoms with Crippen molar-refractivity contribution in [3.8, 4) is 33.4 Å². The number of fused-ring (bicyclic) bond motifs is 15. The number of hydrogen-bond donors (Lipinski definition) is 0. The molecule has 0 fully saturated rings. The molecule has 0 spiro atoms. The first-order valence-corrected chi connectivity index (χ1v) is 36.1. The van der Waals surface area contributed by atoms with Gasteiger partial charge in [-0.25, -0.2) is 0 Å². The molecule has 3 aliphatic rings. The quantitative estimate of drug-likeness (QED) is 0.126. The van der Waals surface area contributed by atoms with E-state index in [4.69, 9.17) is 0 Å². The molecule has 0 radical (unpaired) electrons. The average Bonchev–Trinajstić information content (AvgIpc) is 1.58. The summed E-state index contributed by atoms with van der Waals surface area (Å²) < 4.78 is 5.26. The summed E-state index contributed by atoms with van der Waals surface area (Å²) in [7, 11) is 0. The lowest BCUT2D eigenvalue weighted by molar-refractivity contribution is 0.590. The predicted molar refractivity (Wildman–Crippen MR) is 422 cm³/mol. The van der Waals surface area contributed by atoms with E-state index in [9.17, 15) is 0 Å². The molecule has 0 bridgehead atoms. The molecule has 12 aromatic carbocycles. The molecule has 0 aliphatic heterocycles. The van der Waals surface area contributed by atoms with E-state index in [2.05, 4.69) is 360 Å². The van der Waals surface area contributed by atoms with E-state index >= 15 is 0 Å². The molecule has 3 aliphatic carbocycles. The normalized spacial score (nSPS) is 14.8. The molecule has 0 saturated heterocycles. The lowest BCUT2D eigenvalue weighted by Crippen LogP contribution is -2.17. The standard InChI is InChI=1S/C93H80N2S2/c1-89(2,3)61-29-33-63(34-30-61)94(65-39-47-87-77(53-65)75-17-13-15-19-85(75)96-87)67-37-45-73-71-43-27-59(51-81(71)92(9,10)83(73)55-67)23-21-57-25-41-69-70-42-26-58(50-80(70)91(7,8)79(69)49-57)22-24-60-28-44-72-74-46-38-68(56-84(74)93(11,12)82(72)52-60)95(64-35-31-62(32-36-64)90(4,5)6)66-40-48-88-78(54-66)76-18-14-16-20-86(76)97-88/h13-56H,1-12H3/b23-21+,24-22+. The van der Waals surface area contributed by atoms with Crippen LogP contribution in [0.2, 0.25) is 0 Å². The van der Waals surface area contributed by atoms with Crippen molar-refractivity contribution in [3.63, 3.8) is 0 Å². The minimum atomic E-state index is -0.213. The van der Waals surface area contributed by atoms with Gasteiger partial charge < -0.3 is 9.80 Å². The van der Waals surface area contributed by atoms with Crippen molar-refractivity contribution in [2.75, 3.05) is 9.80 Å². The molecule has 2 heterocycles. The minimum absolute atomic E-state index is 0.0589. The van der Waals surface area contributed by atoms with Crippen LogP contribution in [0.5, 0.6) is 0 Å². The van der Waals surface area contributed by atoms with Gasteiger partial charge in [-0.15, -0.1) is 22.7 Å². The van der Waals surface area contributed by atoms with Gasteiger partial charge in [-0.2, -0.15) is 0 Å². The number of hydrogen-bond acceptors (Lipinski definition) is 4. The molecular weight excluding hydrogens is 1210 g/mol. The number of nitrogens with zero attached hydrogens (tertiary/aromatic N) is 2. The third-order valence-electron chi connectivity index (χ3n) is 21.8. The highest BCUT2D eigenvalue weighted by Gasteiger charge is 2.39. The van der Waals surface area contributed by atoms with E-state index in [1.807, 2.05) is 22.7 Å². The first-order valence-electron chi connectivity index (χ1n) is 34.4. The number of rotatable bonds is 10. The van der Waals surface area contributed by atoms with Crippen molar-refractivity contribution in [1.82, 2.24) is 0 Å². The molecule has 2 nitrogen and oxygen atoms in total. The lowest BCUT2D eigenvalue weighted by atomic mass is 9.81. The summed E-state index contributed by atoms with van der Waals surface area (Å²) in [4.78, 5) is 4.91. The van der Waals surface area contributed by atoms with Crippen molar-refractivity contribution in [3.05, 3.63) is 309 Å². The van der Waals surface area contributed by atoms with Crippen LogP contribution in [-0.4, -0.2) is 0 Å². The van der Waals surface area contributed by atoms with E-state index < -0.39 is 0 Å². The van der Waals surface area contributed by atoms with Gasteiger partial charge in [0.25, 0.3) is 0 Å². The summed E-state index contributed by atoms with van der Waals surface area (Å²) in [6.45, 7) is 28.1. The van der Waals surface area contributed by atoms with Gasteiger partial charge in [-0.05, 0) is 208 Å². The monoisotopic (exact) mass is 1290 g/mol. The summed E-state index contributed by atoms with van der Waals surface area (Å²) >= 11 is 3.74. The van der Waals surface area contributed by atoms with E-state index in [-0.39, 0.29) is 27.1 Å². The molecule has 0 atom stereocenters.